The molecule has 138 valence electrons. The molecule has 0 spiro atoms. The molecule has 1 amide bonds. The van der Waals surface area contributed by atoms with Gasteiger partial charge >= 0.3 is 5.97 Å². The van der Waals surface area contributed by atoms with E-state index in [9.17, 15) is 9.59 Å². The van der Waals surface area contributed by atoms with E-state index in [4.69, 9.17) is 4.42 Å². The van der Waals surface area contributed by atoms with Gasteiger partial charge in [-0.05, 0) is 30.3 Å². The number of carbonyl (C=O) groups is 2. The summed E-state index contributed by atoms with van der Waals surface area (Å²) in [6.45, 7) is 2.48. The number of hydrogen-bond acceptors (Lipinski definition) is 6. The van der Waals surface area contributed by atoms with Gasteiger partial charge < -0.3 is 14.5 Å². The summed E-state index contributed by atoms with van der Waals surface area (Å²) in [5.41, 5.74) is 2.00. The van der Waals surface area contributed by atoms with Gasteiger partial charge in [0.25, 0.3) is 5.91 Å². The van der Waals surface area contributed by atoms with Gasteiger partial charge in [0.2, 0.25) is 0 Å². The Morgan fingerprint density at radius 1 is 1.19 bits per heavy atom. The molecular weight excluding hydrogens is 352 g/mol. The fourth-order valence-corrected chi connectivity index (χ4v) is 3.91. The number of esters is 1. The van der Waals surface area contributed by atoms with Crippen LogP contribution in [0.3, 0.4) is 0 Å². The summed E-state index contributed by atoms with van der Waals surface area (Å²) in [5, 5.41) is 3.00. The first-order valence-corrected chi connectivity index (χ1v) is 9.65. The lowest BCUT2D eigenvalue weighted by Gasteiger charge is -2.34. The van der Waals surface area contributed by atoms with Crippen LogP contribution < -0.4 is 5.32 Å². The van der Waals surface area contributed by atoms with Gasteiger partial charge in [0.05, 0.1) is 31.2 Å². The van der Waals surface area contributed by atoms with Crippen molar-refractivity contribution >= 4 is 23.6 Å². The van der Waals surface area contributed by atoms with Crippen LogP contribution in [0.15, 0.2) is 47.3 Å². The maximum Gasteiger partial charge on any atom is 0.337 e. The highest BCUT2D eigenvalue weighted by Gasteiger charge is 2.24. The second kappa shape index (κ2) is 8.91. The average Bonchev–Trinajstić information content (AvgIpc) is 3.23. The number of hydrogen-bond donors (Lipinski definition) is 1. The van der Waals surface area contributed by atoms with Crippen LogP contribution in [-0.4, -0.2) is 55.0 Å². The van der Waals surface area contributed by atoms with Crippen molar-refractivity contribution in [1.82, 2.24) is 10.2 Å². The van der Waals surface area contributed by atoms with Crippen LogP contribution in [0.4, 0.5) is 0 Å². The third-order valence-corrected chi connectivity index (χ3v) is 5.38. The van der Waals surface area contributed by atoms with E-state index in [1.165, 1.54) is 7.11 Å². The summed E-state index contributed by atoms with van der Waals surface area (Å²) < 4.78 is 9.90. The number of rotatable bonds is 6. The van der Waals surface area contributed by atoms with Gasteiger partial charge in [-0.15, -0.1) is 0 Å². The first kappa shape index (κ1) is 18.5. The molecule has 1 aromatic heterocycles. The zero-order chi connectivity index (χ0) is 18.4. The summed E-state index contributed by atoms with van der Waals surface area (Å²) in [7, 11) is 1.33. The van der Waals surface area contributed by atoms with Crippen LogP contribution in [0.2, 0.25) is 0 Å². The summed E-state index contributed by atoms with van der Waals surface area (Å²) in [6.07, 6.45) is 3.40. The summed E-state index contributed by atoms with van der Waals surface area (Å²) >= 11 is 1.95. The number of ether oxygens (including phenoxy) is 1. The van der Waals surface area contributed by atoms with Crippen LogP contribution in [0.1, 0.15) is 32.3 Å². The number of benzene rings is 1. The monoisotopic (exact) mass is 374 g/mol. The van der Waals surface area contributed by atoms with Crippen LogP contribution in [0.25, 0.3) is 0 Å². The van der Waals surface area contributed by atoms with Crippen molar-refractivity contribution in [3.8, 4) is 0 Å². The number of carbonyl (C=O) groups excluding carboxylic acids is 2. The molecule has 3 rings (SSSR count). The molecular formula is C19H22N2O4S. The highest BCUT2D eigenvalue weighted by Crippen LogP contribution is 2.24. The van der Waals surface area contributed by atoms with Crippen LogP contribution in [0, 0.1) is 0 Å². The van der Waals surface area contributed by atoms with E-state index in [1.54, 1.807) is 36.8 Å². The van der Waals surface area contributed by atoms with E-state index in [0.717, 1.165) is 30.2 Å². The smallest absolute Gasteiger partial charge is 0.337 e. The van der Waals surface area contributed by atoms with E-state index in [2.05, 4.69) is 15.0 Å². The molecule has 26 heavy (non-hydrogen) atoms. The molecule has 0 unspecified atom stereocenters. The van der Waals surface area contributed by atoms with Crippen molar-refractivity contribution in [2.24, 2.45) is 0 Å². The van der Waals surface area contributed by atoms with Crippen molar-refractivity contribution in [1.29, 1.82) is 0 Å². The first-order valence-electron chi connectivity index (χ1n) is 8.49. The van der Waals surface area contributed by atoms with Gasteiger partial charge in [0.1, 0.15) is 0 Å². The second-order valence-electron chi connectivity index (χ2n) is 6.00. The van der Waals surface area contributed by atoms with Gasteiger partial charge in [-0.3, -0.25) is 9.69 Å². The largest absolute Gasteiger partial charge is 0.472 e. The first-order chi connectivity index (χ1) is 12.7. The number of methoxy groups -OCH3 is 1. The van der Waals surface area contributed by atoms with Crippen molar-refractivity contribution < 1.29 is 18.7 Å². The standard InChI is InChI=1S/C19H22N2O4S/c1-24-19(23)15-4-2-14(3-5-15)18(22)20-12-17(16-6-9-25-13-16)21-7-10-26-11-8-21/h2-6,9,13,17H,7-8,10-12H2,1H3,(H,20,22)/t17-/m1/s1. The number of nitrogens with one attached hydrogen (secondary N) is 1. The third kappa shape index (κ3) is 4.47. The summed E-state index contributed by atoms with van der Waals surface area (Å²) in [5.74, 6) is 1.61. The Hall–Kier alpha value is -2.25. The predicted molar refractivity (Wildman–Crippen MR) is 100 cm³/mol. The lowest BCUT2D eigenvalue weighted by Crippen LogP contribution is -2.41. The van der Waals surface area contributed by atoms with E-state index in [1.807, 2.05) is 17.8 Å². The highest BCUT2D eigenvalue weighted by molar-refractivity contribution is 7.99. The maximum atomic E-state index is 12.5. The average molecular weight is 374 g/mol. The highest BCUT2D eigenvalue weighted by atomic mass is 32.2. The zero-order valence-corrected chi connectivity index (χ0v) is 15.5. The molecule has 1 aromatic carbocycles. The Balaban J connectivity index is 1.64. The molecule has 1 N–H and O–H groups in total. The molecule has 1 fully saturated rings. The van der Waals surface area contributed by atoms with Gasteiger partial charge in [0.15, 0.2) is 0 Å². The van der Waals surface area contributed by atoms with Crippen molar-refractivity contribution in [3.05, 3.63) is 59.5 Å². The van der Waals surface area contributed by atoms with Crippen LogP contribution >= 0.6 is 11.8 Å². The zero-order valence-electron chi connectivity index (χ0n) is 14.6. The molecule has 0 bridgehead atoms. The summed E-state index contributed by atoms with van der Waals surface area (Å²) in [4.78, 5) is 26.3. The number of amides is 1. The van der Waals surface area contributed by atoms with Crippen LogP contribution in [0.5, 0.6) is 0 Å². The lowest BCUT2D eigenvalue weighted by atomic mass is 10.1. The van der Waals surface area contributed by atoms with Crippen LogP contribution in [-0.2, 0) is 4.74 Å². The topological polar surface area (TPSA) is 71.8 Å². The minimum absolute atomic E-state index is 0.0907. The molecule has 0 saturated carbocycles. The number of thioether (sulfide) groups is 1. The molecule has 1 aliphatic heterocycles. The molecule has 1 saturated heterocycles. The molecule has 6 nitrogen and oxygen atoms in total. The SMILES string of the molecule is COC(=O)c1ccc(C(=O)NC[C@H](c2ccoc2)N2CCSCC2)cc1. The van der Waals surface area contributed by atoms with Gasteiger partial charge in [-0.1, -0.05) is 0 Å². The lowest BCUT2D eigenvalue weighted by molar-refractivity contribution is 0.0600. The van der Waals surface area contributed by atoms with Gasteiger partial charge in [-0.25, -0.2) is 4.79 Å². The minimum Gasteiger partial charge on any atom is -0.472 e. The normalized spacial score (nSPS) is 16.0. The van der Waals surface area contributed by atoms with E-state index in [-0.39, 0.29) is 11.9 Å². The van der Waals surface area contributed by atoms with E-state index < -0.39 is 5.97 Å². The maximum absolute atomic E-state index is 12.5. The predicted octanol–water partition coefficient (Wildman–Crippen LogP) is 2.59. The van der Waals surface area contributed by atoms with Crippen molar-refractivity contribution in [2.75, 3.05) is 38.2 Å². The Morgan fingerprint density at radius 2 is 1.88 bits per heavy atom. The van der Waals surface area contributed by atoms with Crippen molar-refractivity contribution in [3.63, 3.8) is 0 Å². The van der Waals surface area contributed by atoms with Gasteiger partial charge in [0, 0.05) is 42.3 Å². The second-order valence-corrected chi connectivity index (χ2v) is 7.22. The Kier molecular flexibility index (Phi) is 6.35. The minimum atomic E-state index is -0.417. The molecule has 1 atom stereocenters. The number of nitrogens with zero attached hydrogens (tertiary/aromatic N) is 1. The fraction of sp³-hybridized carbons (Fsp3) is 0.368. The molecule has 7 heteroatoms. The molecule has 0 aliphatic carbocycles. The van der Waals surface area contributed by atoms with E-state index >= 15 is 0 Å². The molecule has 1 aliphatic rings. The van der Waals surface area contributed by atoms with E-state index in [0.29, 0.717) is 17.7 Å². The molecule has 2 aromatic rings. The summed E-state index contributed by atoms with van der Waals surface area (Å²) in [6, 6.07) is 8.49. The molecule has 2 heterocycles. The van der Waals surface area contributed by atoms with Crippen molar-refractivity contribution in [2.45, 2.75) is 6.04 Å². The Labute approximate surface area is 156 Å². The molecule has 0 radical (unpaired) electrons. The fourth-order valence-electron chi connectivity index (χ4n) is 2.98. The number of furan rings is 1. The Morgan fingerprint density at radius 3 is 2.50 bits per heavy atom. The Bertz CT molecular complexity index is 725. The van der Waals surface area contributed by atoms with Gasteiger partial charge in [-0.2, -0.15) is 11.8 Å². The third-order valence-electron chi connectivity index (χ3n) is 4.44. The quantitative estimate of drug-likeness (QED) is 0.784.